The van der Waals surface area contributed by atoms with Gasteiger partial charge in [-0.15, -0.1) is 0 Å². The van der Waals surface area contributed by atoms with Gasteiger partial charge in [-0.1, -0.05) is 36.4 Å². The Balaban J connectivity index is 1.40. The lowest BCUT2D eigenvalue weighted by molar-refractivity contribution is 0.164. The van der Waals surface area contributed by atoms with E-state index in [1.165, 1.54) is 11.6 Å². The van der Waals surface area contributed by atoms with Crippen molar-refractivity contribution in [2.24, 2.45) is 0 Å². The van der Waals surface area contributed by atoms with Crippen LogP contribution in [0.5, 0.6) is 5.75 Å². The lowest BCUT2D eigenvalue weighted by Crippen LogP contribution is -2.46. The van der Waals surface area contributed by atoms with E-state index in [1.807, 2.05) is 37.3 Å². The molecule has 0 aromatic heterocycles. The molecule has 0 bridgehead atoms. The molecule has 0 spiro atoms. The molecule has 2 aromatic carbocycles. The number of benzene rings is 2. The van der Waals surface area contributed by atoms with Gasteiger partial charge in [0.15, 0.2) is 0 Å². The molecule has 4 nitrogen and oxygen atoms in total. The Hall–Kier alpha value is -2.56. The van der Waals surface area contributed by atoms with Gasteiger partial charge in [-0.05, 0) is 37.5 Å². The molecule has 1 N–H and O–H groups in total. The Morgan fingerprint density at radius 1 is 1.23 bits per heavy atom. The van der Waals surface area contributed by atoms with Crippen molar-refractivity contribution in [3.63, 3.8) is 0 Å². The van der Waals surface area contributed by atoms with E-state index in [1.54, 1.807) is 17.0 Å². The van der Waals surface area contributed by atoms with Crippen LogP contribution in [0.25, 0.3) is 0 Å². The van der Waals surface area contributed by atoms with Crippen LogP contribution in [0, 0.1) is 5.82 Å². The Labute approximate surface area is 153 Å². The molecule has 0 unspecified atom stereocenters. The second-order valence-corrected chi connectivity index (χ2v) is 7.07. The number of para-hydroxylation sites is 1. The number of carbonyl (C=O) groups excluding carboxylic acids is 1. The van der Waals surface area contributed by atoms with Gasteiger partial charge in [0, 0.05) is 18.0 Å². The first kappa shape index (κ1) is 16.9. The average molecular weight is 354 g/mol. The summed E-state index contributed by atoms with van der Waals surface area (Å²) >= 11 is 0. The van der Waals surface area contributed by atoms with E-state index < -0.39 is 0 Å². The first-order chi connectivity index (χ1) is 12.6. The minimum Gasteiger partial charge on any atom is -0.488 e. The molecule has 2 amide bonds. The normalized spacial score (nSPS) is 19.4. The van der Waals surface area contributed by atoms with Gasteiger partial charge in [0.05, 0.1) is 12.6 Å². The summed E-state index contributed by atoms with van der Waals surface area (Å²) in [4.78, 5) is 14.6. The van der Waals surface area contributed by atoms with Gasteiger partial charge in [-0.25, -0.2) is 9.18 Å². The van der Waals surface area contributed by atoms with Crippen molar-refractivity contribution >= 4 is 6.03 Å². The predicted molar refractivity (Wildman–Crippen MR) is 97.6 cm³/mol. The highest BCUT2D eigenvalue weighted by molar-refractivity contribution is 5.75. The molecular formula is C21H23FN2O2. The summed E-state index contributed by atoms with van der Waals surface area (Å²) in [5, 5.41) is 2.99. The van der Waals surface area contributed by atoms with E-state index in [0.29, 0.717) is 12.1 Å². The van der Waals surface area contributed by atoms with Gasteiger partial charge in [-0.3, -0.25) is 0 Å². The predicted octanol–water partition coefficient (Wildman–Crippen LogP) is 4.06. The van der Waals surface area contributed by atoms with Crippen molar-refractivity contribution in [1.29, 1.82) is 0 Å². The molecule has 1 heterocycles. The number of nitrogens with zero attached hydrogens (tertiary/aromatic N) is 1. The van der Waals surface area contributed by atoms with E-state index in [9.17, 15) is 9.18 Å². The lowest BCUT2D eigenvalue weighted by atomic mass is 10.1. The molecule has 26 heavy (non-hydrogen) atoms. The largest absolute Gasteiger partial charge is 0.488 e. The maximum absolute atomic E-state index is 14.2. The highest BCUT2D eigenvalue weighted by atomic mass is 19.1. The third-order valence-corrected chi connectivity index (χ3v) is 5.14. The van der Waals surface area contributed by atoms with Crippen LogP contribution >= 0.6 is 0 Å². The number of rotatable bonds is 5. The number of amides is 2. The molecular weight excluding hydrogens is 331 g/mol. The second kappa shape index (κ2) is 6.98. The van der Waals surface area contributed by atoms with E-state index in [2.05, 4.69) is 5.32 Å². The topological polar surface area (TPSA) is 41.6 Å². The Kier molecular flexibility index (Phi) is 4.53. The van der Waals surface area contributed by atoms with E-state index in [-0.39, 0.29) is 30.0 Å². The summed E-state index contributed by atoms with van der Waals surface area (Å²) in [6.07, 6.45) is 2.68. The van der Waals surface area contributed by atoms with Crippen LogP contribution in [-0.4, -0.2) is 29.6 Å². The van der Waals surface area contributed by atoms with Crippen LogP contribution in [0.2, 0.25) is 0 Å². The molecule has 1 saturated carbocycles. The number of carbonyl (C=O) groups is 1. The number of halogens is 1. The zero-order chi connectivity index (χ0) is 18.1. The fourth-order valence-electron chi connectivity index (χ4n) is 3.63. The molecule has 2 aliphatic rings. The summed E-state index contributed by atoms with van der Waals surface area (Å²) < 4.78 is 20.0. The zero-order valence-electron chi connectivity index (χ0n) is 14.8. The monoisotopic (exact) mass is 354 g/mol. The number of hydrogen-bond acceptors (Lipinski definition) is 2. The molecule has 2 atom stereocenters. The quantitative estimate of drug-likeness (QED) is 0.880. The molecule has 136 valence electrons. The van der Waals surface area contributed by atoms with Crippen molar-refractivity contribution in [2.45, 2.75) is 44.4 Å². The average Bonchev–Trinajstić information content (AvgIpc) is 3.38. The van der Waals surface area contributed by atoms with Gasteiger partial charge in [0.1, 0.15) is 17.7 Å². The molecule has 5 heteroatoms. The molecule has 4 rings (SSSR count). The second-order valence-electron chi connectivity index (χ2n) is 7.07. The first-order valence-electron chi connectivity index (χ1n) is 9.18. The number of fused-ring (bicyclic) bond motifs is 1. The Morgan fingerprint density at radius 2 is 1.96 bits per heavy atom. The van der Waals surface area contributed by atoms with Crippen molar-refractivity contribution in [2.75, 3.05) is 6.54 Å². The SMILES string of the molecule is C[C@@H](c1ccccc1F)N(C(=O)NC[C@H]1Cc2ccccc2O1)C1CC1. The summed E-state index contributed by atoms with van der Waals surface area (Å²) in [7, 11) is 0. The molecule has 1 fully saturated rings. The standard InChI is InChI=1S/C21H23FN2O2/c1-14(18-7-3-4-8-19(18)22)24(16-10-11-16)21(25)23-13-17-12-15-6-2-5-9-20(15)26-17/h2-9,14,16-17H,10-13H2,1H3,(H,23,25)/t14-,17+/m0/s1. The molecule has 1 aliphatic carbocycles. The van der Waals surface area contributed by atoms with Gasteiger partial charge in [0.25, 0.3) is 0 Å². The minimum atomic E-state index is -0.301. The summed E-state index contributed by atoms with van der Waals surface area (Å²) in [6, 6.07) is 14.3. The van der Waals surface area contributed by atoms with E-state index >= 15 is 0 Å². The highest BCUT2D eigenvalue weighted by Gasteiger charge is 2.37. The van der Waals surface area contributed by atoms with Crippen LogP contribution < -0.4 is 10.1 Å². The number of ether oxygens (including phenoxy) is 1. The van der Waals surface area contributed by atoms with Gasteiger partial charge in [-0.2, -0.15) is 0 Å². The lowest BCUT2D eigenvalue weighted by Gasteiger charge is -2.30. The van der Waals surface area contributed by atoms with Gasteiger partial charge >= 0.3 is 6.03 Å². The zero-order valence-corrected chi connectivity index (χ0v) is 14.8. The van der Waals surface area contributed by atoms with Crippen LogP contribution in [0.15, 0.2) is 48.5 Å². The third kappa shape index (κ3) is 3.39. The van der Waals surface area contributed by atoms with Gasteiger partial charge < -0.3 is 15.0 Å². The molecule has 0 saturated heterocycles. The summed E-state index contributed by atoms with van der Waals surface area (Å²) in [5.41, 5.74) is 1.73. The van der Waals surface area contributed by atoms with Crippen molar-refractivity contribution in [1.82, 2.24) is 10.2 Å². The van der Waals surface area contributed by atoms with Crippen molar-refractivity contribution in [3.05, 3.63) is 65.5 Å². The van der Waals surface area contributed by atoms with Crippen LogP contribution in [0.4, 0.5) is 9.18 Å². The Morgan fingerprint density at radius 3 is 2.69 bits per heavy atom. The third-order valence-electron chi connectivity index (χ3n) is 5.14. The molecule has 1 aliphatic heterocycles. The molecule has 2 aromatic rings. The van der Waals surface area contributed by atoms with Crippen LogP contribution in [0.3, 0.4) is 0 Å². The first-order valence-corrected chi connectivity index (χ1v) is 9.18. The van der Waals surface area contributed by atoms with Crippen molar-refractivity contribution < 1.29 is 13.9 Å². The van der Waals surface area contributed by atoms with Gasteiger partial charge in [0.2, 0.25) is 0 Å². The summed E-state index contributed by atoms with van der Waals surface area (Å²) in [6.45, 7) is 2.33. The maximum Gasteiger partial charge on any atom is 0.318 e. The van der Waals surface area contributed by atoms with Crippen LogP contribution in [-0.2, 0) is 6.42 Å². The minimum absolute atomic E-state index is 0.0545. The number of urea groups is 1. The highest BCUT2D eigenvalue weighted by Crippen LogP contribution is 2.35. The fraction of sp³-hybridized carbons (Fsp3) is 0.381. The maximum atomic E-state index is 14.2. The fourth-order valence-corrected chi connectivity index (χ4v) is 3.63. The van der Waals surface area contributed by atoms with E-state index in [4.69, 9.17) is 4.74 Å². The number of hydrogen-bond donors (Lipinski definition) is 1. The van der Waals surface area contributed by atoms with E-state index in [0.717, 1.165) is 25.0 Å². The Bertz CT molecular complexity index is 781. The molecule has 0 radical (unpaired) electrons. The van der Waals surface area contributed by atoms with Crippen LogP contribution in [0.1, 0.15) is 36.9 Å². The van der Waals surface area contributed by atoms with Crippen molar-refractivity contribution in [3.8, 4) is 5.75 Å². The summed E-state index contributed by atoms with van der Waals surface area (Å²) in [5.74, 6) is 0.624. The smallest absolute Gasteiger partial charge is 0.318 e. The number of nitrogens with one attached hydrogen (secondary N) is 1.